The lowest BCUT2D eigenvalue weighted by molar-refractivity contribution is -0.158. The number of aromatic nitrogens is 1. The van der Waals surface area contributed by atoms with Crippen molar-refractivity contribution < 1.29 is 19.1 Å². The van der Waals surface area contributed by atoms with Crippen molar-refractivity contribution in [3.05, 3.63) is 59.1 Å². The summed E-state index contributed by atoms with van der Waals surface area (Å²) in [5.41, 5.74) is 4.38. The zero-order chi connectivity index (χ0) is 25.9. The van der Waals surface area contributed by atoms with E-state index >= 15 is 0 Å². The minimum absolute atomic E-state index is 0.167. The van der Waals surface area contributed by atoms with E-state index in [4.69, 9.17) is 10.5 Å². The number of esters is 1. The summed E-state index contributed by atoms with van der Waals surface area (Å²) in [5.74, 6) is -1.51. The zero-order valence-electron chi connectivity index (χ0n) is 20.7. The number of amides is 1. The number of carbonyl (C=O) groups excluding carboxylic acids is 3. The van der Waals surface area contributed by atoms with E-state index < -0.39 is 28.9 Å². The van der Waals surface area contributed by atoms with E-state index in [1.54, 1.807) is 51.2 Å². The largest absolute Gasteiger partial charge is 0.459 e. The number of nitrogen functional groups attached to an aromatic ring is 1. The van der Waals surface area contributed by atoms with Crippen LogP contribution in [-0.4, -0.2) is 52.8 Å². The zero-order valence-corrected chi connectivity index (χ0v) is 21.5. The first-order chi connectivity index (χ1) is 17.1. The van der Waals surface area contributed by atoms with Gasteiger partial charge in [0.05, 0.1) is 13.1 Å². The molecule has 10 heteroatoms. The van der Waals surface area contributed by atoms with Gasteiger partial charge in [0.1, 0.15) is 11.4 Å². The molecule has 4 rings (SSSR count). The number of thiophene rings is 1. The van der Waals surface area contributed by atoms with E-state index in [0.717, 1.165) is 21.4 Å². The number of carbonyl (C=O) groups is 3. The van der Waals surface area contributed by atoms with Crippen molar-refractivity contribution in [2.24, 2.45) is 0 Å². The number of fused-ring (bicyclic) bond motifs is 1. The van der Waals surface area contributed by atoms with Gasteiger partial charge in [0, 0.05) is 34.2 Å². The summed E-state index contributed by atoms with van der Waals surface area (Å²) in [5, 5.41) is 6.68. The van der Waals surface area contributed by atoms with Gasteiger partial charge in [-0.3, -0.25) is 24.6 Å². The van der Waals surface area contributed by atoms with Crippen molar-refractivity contribution in [1.82, 2.24) is 20.5 Å². The van der Waals surface area contributed by atoms with Crippen molar-refractivity contribution in [3.8, 4) is 0 Å². The van der Waals surface area contributed by atoms with Crippen LogP contribution in [0.3, 0.4) is 0 Å². The van der Waals surface area contributed by atoms with Crippen LogP contribution in [0.25, 0.3) is 10.1 Å². The first-order valence-electron chi connectivity index (χ1n) is 11.8. The van der Waals surface area contributed by atoms with Gasteiger partial charge in [-0.05, 0) is 44.9 Å². The minimum Gasteiger partial charge on any atom is -0.459 e. The quantitative estimate of drug-likeness (QED) is 0.297. The summed E-state index contributed by atoms with van der Waals surface area (Å²) in [6, 6.07) is 12.7. The molecule has 36 heavy (non-hydrogen) atoms. The Morgan fingerprint density at radius 2 is 1.86 bits per heavy atom. The number of nitrogens with two attached hydrogens (primary N) is 1. The fraction of sp³-hybridized carbons (Fsp3) is 0.385. The molecule has 1 fully saturated rings. The third-order valence-electron chi connectivity index (χ3n) is 5.92. The number of ether oxygens (including phenoxy) is 1. The van der Waals surface area contributed by atoms with Crippen molar-refractivity contribution in [3.63, 3.8) is 0 Å². The summed E-state index contributed by atoms with van der Waals surface area (Å²) in [4.78, 5) is 46.5. The Bertz CT molecular complexity index is 1270. The molecule has 2 aromatic heterocycles. The summed E-state index contributed by atoms with van der Waals surface area (Å²) in [7, 11) is 0. The van der Waals surface area contributed by atoms with Gasteiger partial charge in [0.25, 0.3) is 11.7 Å². The second kappa shape index (κ2) is 10.3. The van der Waals surface area contributed by atoms with Crippen LogP contribution in [0, 0.1) is 0 Å². The number of nitrogens with one attached hydrogen (secondary N) is 2. The summed E-state index contributed by atoms with van der Waals surface area (Å²) >= 11 is 1.48. The molecule has 3 heterocycles. The molecule has 3 aromatic rings. The van der Waals surface area contributed by atoms with Crippen molar-refractivity contribution in [2.75, 3.05) is 25.4 Å². The fourth-order valence-corrected chi connectivity index (χ4v) is 5.20. The lowest BCUT2D eigenvalue weighted by atomic mass is 9.89. The van der Waals surface area contributed by atoms with E-state index in [0.29, 0.717) is 24.5 Å². The first kappa shape index (κ1) is 25.7. The number of pyridine rings is 1. The number of Topliss-reactive ketones (excluding diaryl/α,β-unsaturated/α-hetero) is 1. The van der Waals surface area contributed by atoms with E-state index in [-0.39, 0.29) is 13.1 Å². The van der Waals surface area contributed by atoms with E-state index in [9.17, 15) is 14.4 Å². The highest BCUT2D eigenvalue weighted by atomic mass is 32.1. The van der Waals surface area contributed by atoms with Crippen LogP contribution < -0.4 is 16.4 Å². The average molecular weight is 510 g/mol. The third kappa shape index (κ3) is 5.40. The smallest absolute Gasteiger partial charge is 0.320 e. The van der Waals surface area contributed by atoms with Crippen molar-refractivity contribution >= 4 is 44.9 Å². The molecule has 1 saturated heterocycles. The molecule has 0 saturated carbocycles. The van der Waals surface area contributed by atoms with Crippen LogP contribution in [-0.2, 0) is 31.3 Å². The van der Waals surface area contributed by atoms with Gasteiger partial charge in [-0.15, -0.1) is 11.3 Å². The van der Waals surface area contributed by atoms with Gasteiger partial charge in [0.2, 0.25) is 0 Å². The first-order valence-corrected chi connectivity index (χ1v) is 12.6. The summed E-state index contributed by atoms with van der Waals surface area (Å²) < 4.78 is 6.39. The SMILES string of the molecule is CC(C)(C)OC(=O)CN[C@](C(=O)C(=O)NCc1cc2c(N)nccc2s1)(c1ccccc1)N1CCC1. The molecule has 190 valence electrons. The predicted molar refractivity (Wildman–Crippen MR) is 139 cm³/mol. The monoisotopic (exact) mass is 509 g/mol. The number of rotatable bonds is 9. The number of hydrogen-bond acceptors (Lipinski definition) is 9. The average Bonchev–Trinajstić information content (AvgIpc) is 3.22. The van der Waals surface area contributed by atoms with Crippen LogP contribution in [0.2, 0.25) is 0 Å². The molecule has 0 bridgehead atoms. The van der Waals surface area contributed by atoms with E-state index in [1.165, 1.54) is 11.3 Å². The maximum atomic E-state index is 13.9. The molecular formula is C26H31N5O4S. The number of anilines is 1. The Balaban J connectivity index is 1.58. The molecule has 1 atom stereocenters. The Kier molecular flexibility index (Phi) is 7.39. The van der Waals surface area contributed by atoms with Gasteiger partial charge >= 0.3 is 5.97 Å². The highest BCUT2D eigenvalue weighted by Crippen LogP contribution is 2.32. The third-order valence-corrected chi connectivity index (χ3v) is 7.02. The normalized spacial score (nSPS) is 15.6. The molecule has 4 N–H and O–H groups in total. The summed E-state index contributed by atoms with van der Waals surface area (Å²) in [6.45, 7) is 6.49. The molecule has 1 aliphatic heterocycles. The van der Waals surface area contributed by atoms with Gasteiger partial charge in [-0.2, -0.15) is 0 Å². The molecule has 1 amide bonds. The van der Waals surface area contributed by atoms with Crippen LogP contribution in [0.4, 0.5) is 5.82 Å². The predicted octanol–water partition coefficient (Wildman–Crippen LogP) is 2.55. The molecule has 1 aromatic carbocycles. The van der Waals surface area contributed by atoms with Crippen LogP contribution in [0.1, 0.15) is 37.6 Å². The van der Waals surface area contributed by atoms with E-state index in [1.807, 2.05) is 23.1 Å². The Hall–Kier alpha value is -3.34. The fourth-order valence-electron chi connectivity index (χ4n) is 4.20. The Labute approximate surface area is 214 Å². The second-order valence-corrected chi connectivity index (χ2v) is 10.9. The lowest BCUT2D eigenvalue weighted by Gasteiger charge is -2.47. The van der Waals surface area contributed by atoms with E-state index in [2.05, 4.69) is 15.6 Å². The standard InChI is InChI=1S/C26H31N5O4S/c1-25(2,3)35-21(32)16-30-26(31-12-7-13-31,17-8-5-4-6-9-17)22(33)24(34)29-15-18-14-19-20(36-18)10-11-28-23(19)27/h4-6,8-11,14,30H,7,12-13,15-16H2,1-3H3,(H2,27,28)(H,29,34)/t26-/m1/s1. The topological polar surface area (TPSA) is 127 Å². The summed E-state index contributed by atoms with van der Waals surface area (Å²) in [6.07, 6.45) is 2.52. The molecule has 0 radical (unpaired) electrons. The van der Waals surface area contributed by atoms with Crippen LogP contribution >= 0.6 is 11.3 Å². The molecule has 0 unspecified atom stereocenters. The highest BCUT2D eigenvalue weighted by Gasteiger charge is 2.50. The Morgan fingerprint density at radius 1 is 1.14 bits per heavy atom. The molecule has 1 aliphatic rings. The van der Waals surface area contributed by atoms with Crippen LogP contribution in [0.5, 0.6) is 0 Å². The number of ketones is 1. The number of hydrogen-bond donors (Lipinski definition) is 3. The maximum Gasteiger partial charge on any atom is 0.320 e. The molecular weight excluding hydrogens is 478 g/mol. The Morgan fingerprint density at radius 3 is 2.47 bits per heavy atom. The maximum absolute atomic E-state index is 13.9. The van der Waals surface area contributed by atoms with Gasteiger partial charge in [-0.25, -0.2) is 4.98 Å². The second-order valence-electron chi connectivity index (χ2n) is 9.69. The number of nitrogens with zero attached hydrogens (tertiary/aromatic N) is 2. The van der Waals surface area contributed by atoms with Gasteiger partial charge < -0.3 is 15.8 Å². The van der Waals surface area contributed by atoms with Gasteiger partial charge in [0.15, 0.2) is 5.66 Å². The minimum atomic E-state index is -1.49. The highest BCUT2D eigenvalue weighted by molar-refractivity contribution is 7.19. The van der Waals surface area contributed by atoms with Crippen molar-refractivity contribution in [2.45, 2.75) is 45.0 Å². The molecule has 0 aliphatic carbocycles. The molecule has 0 spiro atoms. The molecule has 9 nitrogen and oxygen atoms in total. The van der Waals surface area contributed by atoms with Gasteiger partial charge in [-0.1, -0.05) is 30.3 Å². The van der Waals surface area contributed by atoms with Crippen molar-refractivity contribution in [1.29, 1.82) is 0 Å². The van der Waals surface area contributed by atoms with Crippen LogP contribution in [0.15, 0.2) is 48.7 Å². The lowest BCUT2D eigenvalue weighted by Crippen LogP contribution is -2.68. The number of benzene rings is 1. The number of likely N-dealkylation sites (tertiary alicyclic amines) is 1.